The number of nitrogens with zero attached hydrogens (tertiary/aromatic N) is 1. The fraction of sp³-hybridized carbons (Fsp3) is 0.862. The van der Waals surface area contributed by atoms with Gasteiger partial charge in [0.05, 0.1) is 30.0 Å². The molecular weight excluding hydrogens is 509 g/mol. The van der Waals surface area contributed by atoms with Gasteiger partial charge in [0.1, 0.15) is 11.9 Å². The zero-order valence-corrected chi connectivity index (χ0v) is 25.6. The Balaban J connectivity index is 2.78. The summed E-state index contributed by atoms with van der Waals surface area (Å²) in [5.74, 6) is -4.97. The topological polar surface area (TPSA) is 108 Å². The molecule has 39 heavy (non-hydrogen) atoms. The van der Waals surface area contributed by atoms with Gasteiger partial charge in [0.25, 0.3) is 5.67 Å². The molecule has 2 saturated heterocycles. The first-order valence-corrected chi connectivity index (χ1v) is 14.0. The van der Waals surface area contributed by atoms with Crippen LogP contribution in [-0.2, 0) is 33.3 Å². The van der Waals surface area contributed by atoms with Crippen molar-refractivity contribution in [2.75, 3.05) is 7.05 Å². The molecule has 0 radical (unpaired) electrons. The monoisotopic (exact) mass is 557 g/mol. The molecule has 9 atom stereocenters. The van der Waals surface area contributed by atoms with Gasteiger partial charge in [0.2, 0.25) is 0 Å². The molecule has 0 N–H and O–H groups in total. The van der Waals surface area contributed by atoms with Crippen LogP contribution in [0.2, 0.25) is 0 Å². The molecule has 0 spiro atoms. The van der Waals surface area contributed by atoms with E-state index in [1.165, 1.54) is 18.9 Å². The van der Waals surface area contributed by atoms with Gasteiger partial charge in [-0.1, -0.05) is 27.7 Å². The van der Waals surface area contributed by atoms with Crippen molar-refractivity contribution in [2.45, 2.75) is 136 Å². The lowest BCUT2D eigenvalue weighted by molar-refractivity contribution is -0.200. The number of ketones is 2. The minimum absolute atomic E-state index is 0.147. The summed E-state index contributed by atoms with van der Waals surface area (Å²) in [4.78, 5) is 54.9. The van der Waals surface area contributed by atoms with Gasteiger partial charge >= 0.3 is 12.1 Å². The van der Waals surface area contributed by atoms with E-state index >= 15 is 4.39 Å². The van der Waals surface area contributed by atoms with E-state index in [9.17, 15) is 19.2 Å². The van der Waals surface area contributed by atoms with Gasteiger partial charge in [-0.3, -0.25) is 9.59 Å². The Kier molecular flexibility index (Phi) is 10.0. The number of Topliss-reactive ketones (excluding diaryl/α,β-unsaturated/α-hetero) is 2. The average Bonchev–Trinajstić information content (AvgIpc) is 3.05. The summed E-state index contributed by atoms with van der Waals surface area (Å²) >= 11 is 0. The number of cyclic esters (lactones) is 1. The molecule has 9 nitrogen and oxygen atoms in total. The van der Waals surface area contributed by atoms with Gasteiger partial charge in [-0.05, 0) is 61.3 Å². The van der Waals surface area contributed by atoms with Crippen LogP contribution in [0.1, 0.15) is 89.0 Å². The molecule has 0 unspecified atom stereocenters. The van der Waals surface area contributed by atoms with Crippen LogP contribution in [0, 0.1) is 17.8 Å². The maximum Gasteiger partial charge on any atom is 0.410 e. The number of alkyl halides is 1. The van der Waals surface area contributed by atoms with Crippen molar-refractivity contribution >= 4 is 23.6 Å². The van der Waals surface area contributed by atoms with Crippen molar-refractivity contribution in [3.63, 3.8) is 0 Å². The molecule has 0 saturated carbocycles. The highest BCUT2D eigenvalue weighted by atomic mass is 19.1. The Morgan fingerprint density at radius 3 is 2.05 bits per heavy atom. The van der Waals surface area contributed by atoms with E-state index < -0.39 is 70.7 Å². The number of hydrogen-bond donors (Lipinski definition) is 0. The van der Waals surface area contributed by atoms with Gasteiger partial charge in [0, 0.05) is 24.8 Å². The molecule has 224 valence electrons. The van der Waals surface area contributed by atoms with Gasteiger partial charge in [0.15, 0.2) is 11.4 Å². The summed E-state index contributed by atoms with van der Waals surface area (Å²) in [6, 6.07) is -0.805. The Hall–Kier alpha value is -2.07. The first-order chi connectivity index (χ1) is 17.7. The van der Waals surface area contributed by atoms with Crippen LogP contribution in [0.15, 0.2) is 0 Å². The number of rotatable bonds is 5. The van der Waals surface area contributed by atoms with E-state index in [-0.39, 0.29) is 30.8 Å². The largest absolute Gasteiger partial charge is 0.455 e. The van der Waals surface area contributed by atoms with E-state index in [0.717, 1.165) is 6.92 Å². The summed E-state index contributed by atoms with van der Waals surface area (Å²) in [5, 5.41) is 0. The molecule has 2 aliphatic heterocycles. The fourth-order valence-corrected chi connectivity index (χ4v) is 6.58. The maximum atomic E-state index is 16.2. The Morgan fingerprint density at radius 2 is 1.56 bits per heavy atom. The summed E-state index contributed by atoms with van der Waals surface area (Å²) < 4.78 is 40.0. The molecular formula is C29H48FNO8. The van der Waals surface area contributed by atoms with Gasteiger partial charge in [-0.25, -0.2) is 14.0 Å². The summed E-state index contributed by atoms with van der Waals surface area (Å²) in [7, 11) is 1.52. The number of halogens is 1. The maximum absolute atomic E-state index is 16.2. The number of amides is 1. The lowest BCUT2D eigenvalue weighted by Gasteiger charge is -2.45. The summed E-state index contributed by atoms with van der Waals surface area (Å²) in [6.45, 7) is 18.2. The van der Waals surface area contributed by atoms with Crippen molar-refractivity contribution in [1.82, 2.24) is 4.90 Å². The van der Waals surface area contributed by atoms with E-state index in [2.05, 4.69) is 0 Å². The van der Waals surface area contributed by atoms with Crippen LogP contribution < -0.4 is 0 Å². The SMILES string of the molecule is CC[C@H]1OC(=O)[C@@](C)(F)C(=O)[C@H](C)[C@@H](OC(C)C)[C@](C)(OC(C)C)C[C@@H](C)C(=O)[C@H](C)[C@H]2N(C)C(=O)O[C@]12C. The second-order valence-corrected chi connectivity index (χ2v) is 12.4. The van der Waals surface area contributed by atoms with E-state index in [0.29, 0.717) is 0 Å². The van der Waals surface area contributed by atoms with Crippen molar-refractivity contribution in [3.05, 3.63) is 0 Å². The van der Waals surface area contributed by atoms with Gasteiger partial charge < -0.3 is 23.8 Å². The smallest absolute Gasteiger partial charge is 0.410 e. The zero-order valence-electron chi connectivity index (χ0n) is 25.6. The van der Waals surface area contributed by atoms with Crippen LogP contribution in [0.25, 0.3) is 0 Å². The van der Waals surface area contributed by atoms with E-state index in [4.69, 9.17) is 18.9 Å². The number of hydrogen-bond acceptors (Lipinski definition) is 8. The third-order valence-electron chi connectivity index (χ3n) is 8.22. The highest BCUT2D eigenvalue weighted by Gasteiger charge is 2.60. The molecule has 0 aliphatic carbocycles. The number of fused-ring (bicyclic) bond motifs is 1. The van der Waals surface area contributed by atoms with Gasteiger partial charge in [-0.2, -0.15) is 0 Å². The van der Waals surface area contributed by atoms with Crippen LogP contribution in [0.5, 0.6) is 0 Å². The minimum Gasteiger partial charge on any atom is -0.455 e. The molecule has 2 rings (SSSR count). The first-order valence-electron chi connectivity index (χ1n) is 14.0. The predicted molar refractivity (Wildman–Crippen MR) is 143 cm³/mol. The number of likely N-dealkylation sites (N-methyl/N-ethyl adjacent to an activating group) is 1. The fourth-order valence-electron chi connectivity index (χ4n) is 6.58. The molecule has 0 aromatic heterocycles. The lowest BCUT2D eigenvalue weighted by Crippen LogP contribution is -2.60. The van der Waals surface area contributed by atoms with Crippen molar-refractivity contribution in [1.29, 1.82) is 0 Å². The van der Waals surface area contributed by atoms with Crippen LogP contribution in [0.4, 0.5) is 9.18 Å². The third-order valence-corrected chi connectivity index (χ3v) is 8.22. The quantitative estimate of drug-likeness (QED) is 0.354. The van der Waals surface area contributed by atoms with Gasteiger partial charge in [-0.15, -0.1) is 0 Å². The molecule has 2 aliphatic rings. The molecule has 0 bridgehead atoms. The molecule has 2 heterocycles. The normalized spacial score (nSPS) is 40.9. The Bertz CT molecular complexity index is 952. The number of ether oxygens (including phenoxy) is 4. The second-order valence-electron chi connectivity index (χ2n) is 12.4. The van der Waals surface area contributed by atoms with Crippen LogP contribution >= 0.6 is 0 Å². The summed E-state index contributed by atoms with van der Waals surface area (Å²) in [6.07, 6.45) is -3.10. The van der Waals surface area contributed by atoms with Crippen molar-refractivity contribution in [2.24, 2.45) is 17.8 Å². The molecule has 0 aromatic rings. The Labute approximate surface area is 232 Å². The molecule has 2 fully saturated rings. The van der Waals surface area contributed by atoms with Crippen molar-refractivity contribution < 1.29 is 42.5 Å². The summed E-state index contributed by atoms with van der Waals surface area (Å²) in [5.41, 5.74) is -5.67. The second kappa shape index (κ2) is 11.8. The Morgan fingerprint density at radius 1 is 1.00 bits per heavy atom. The van der Waals surface area contributed by atoms with Crippen molar-refractivity contribution in [3.8, 4) is 0 Å². The predicted octanol–water partition coefficient (Wildman–Crippen LogP) is 4.67. The number of carbonyl (C=O) groups excluding carboxylic acids is 4. The standard InChI is InChI=1S/C29H48FNO8/c1-13-20-29(11)22(31(12)26(35)39-29)18(7)21(32)17(6)14-27(9,38-16(4)5)24(36-15(2)3)19(8)23(33)28(10,30)25(34)37-20/h15-20,22,24H,13-14H2,1-12H3/t17-,18+,19+,20-,22-,24-,27-,28+,29-/m1/s1. The molecule has 1 amide bonds. The first kappa shape index (κ1) is 33.1. The molecule has 10 heteroatoms. The molecule has 0 aromatic carbocycles. The minimum atomic E-state index is -3.01. The third kappa shape index (κ3) is 6.32. The highest BCUT2D eigenvalue weighted by molar-refractivity contribution is 6.07. The number of esters is 1. The highest BCUT2D eigenvalue weighted by Crippen LogP contribution is 2.42. The van der Waals surface area contributed by atoms with E-state index in [1.54, 1.807) is 48.5 Å². The van der Waals surface area contributed by atoms with E-state index in [1.807, 2.05) is 13.8 Å². The zero-order chi connectivity index (χ0) is 30.2. The van der Waals surface area contributed by atoms with Crippen LogP contribution in [0.3, 0.4) is 0 Å². The lowest BCUT2D eigenvalue weighted by atomic mass is 9.73. The number of carbonyl (C=O) groups is 4. The average molecular weight is 558 g/mol. The van der Waals surface area contributed by atoms with Crippen LogP contribution in [-0.4, -0.2) is 82.9 Å².